The second-order valence-corrected chi connectivity index (χ2v) is 5.11. The molecule has 0 unspecified atom stereocenters. The van der Waals surface area contributed by atoms with E-state index in [2.05, 4.69) is 5.32 Å². The Kier molecular flexibility index (Phi) is 10.4. The van der Waals surface area contributed by atoms with Gasteiger partial charge in [-0.1, -0.05) is 13.8 Å². The first-order valence-electron chi connectivity index (χ1n) is 6.55. The predicted molar refractivity (Wildman–Crippen MR) is 74.5 cm³/mol. The summed E-state index contributed by atoms with van der Waals surface area (Å²) in [4.78, 5) is 41.8. The van der Waals surface area contributed by atoms with Gasteiger partial charge in [-0.05, 0) is 12.3 Å². The number of rotatable bonds is 7. The molecule has 0 aromatic carbocycles. The lowest BCUT2D eigenvalue weighted by Crippen LogP contribution is -2.50. The lowest BCUT2D eigenvalue weighted by molar-refractivity contribution is -0.192. The van der Waals surface area contributed by atoms with Gasteiger partial charge in [0.05, 0.1) is 12.5 Å². The molecule has 0 spiro atoms. The number of hydrogen-bond donors (Lipinski definition) is 5. The number of nitrogens with one attached hydrogen (secondary N) is 1. The molecule has 9 nitrogen and oxygen atoms in total. The number of primary amides is 1. The summed E-state index contributed by atoms with van der Waals surface area (Å²) in [5, 5.41) is 18.1. The molecule has 2 amide bonds. The van der Waals surface area contributed by atoms with Gasteiger partial charge in [-0.3, -0.25) is 9.59 Å². The quantitative estimate of drug-likeness (QED) is 0.405. The lowest BCUT2D eigenvalue weighted by Gasteiger charge is -2.17. The number of halogens is 3. The van der Waals surface area contributed by atoms with Crippen LogP contribution < -0.4 is 16.8 Å². The molecule has 0 rings (SSSR count). The van der Waals surface area contributed by atoms with Crippen LogP contribution in [-0.4, -0.2) is 52.2 Å². The highest BCUT2D eigenvalue weighted by Gasteiger charge is 2.38. The number of carbonyl (C=O) groups is 4. The minimum absolute atomic E-state index is 0.218. The summed E-state index contributed by atoms with van der Waals surface area (Å²) < 4.78 is 31.7. The average molecular weight is 359 g/mol. The zero-order valence-electron chi connectivity index (χ0n) is 13.0. The van der Waals surface area contributed by atoms with E-state index in [1.807, 2.05) is 13.8 Å². The van der Waals surface area contributed by atoms with Crippen molar-refractivity contribution < 1.29 is 42.6 Å². The third-order valence-electron chi connectivity index (χ3n) is 2.32. The standard InChI is InChI=1S/C10H19N3O4.C2HF3O2/c1-5(2)3-6(11)9(15)13-7(10(16)17)4-8(12)14;3-2(4,5)1(6)7/h5-7H,3-4,11H2,1-2H3,(H2,12,14)(H,13,15)(H,16,17);(H,6,7)/t6-,7-;/m0./s1. The number of alkyl halides is 3. The van der Waals surface area contributed by atoms with Crippen molar-refractivity contribution in [1.29, 1.82) is 0 Å². The number of hydrogen-bond acceptors (Lipinski definition) is 5. The highest BCUT2D eigenvalue weighted by atomic mass is 19.4. The van der Waals surface area contributed by atoms with Crippen LogP contribution in [0.25, 0.3) is 0 Å². The minimum Gasteiger partial charge on any atom is -0.480 e. The Hall–Kier alpha value is -2.37. The van der Waals surface area contributed by atoms with Crippen LogP contribution in [0.5, 0.6) is 0 Å². The second kappa shape index (κ2) is 10.4. The Morgan fingerprint density at radius 3 is 1.79 bits per heavy atom. The van der Waals surface area contributed by atoms with Gasteiger partial charge in [0.15, 0.2) is 0 Å². The second-order valence-electron chi connectivity index (χ2n) is 5.11. The van der Waals surface area contributed by atoms with Gasteiger partial charge >= 0.3 is 18.1 Å². The van der Waals surface area contributed by atoms with Gasteiger partial charge in [0.2, 0.25) is 11.8 Å². The van der Waals surface area contributed by atoms with Crippen molar-refractivity contribution in [2.75, 3.05) is 0 Å². The number of carboxylic acid groups (broad SMARTS) is 2. The van der Waals surface area contributed by atoms with Crippen molar-refractivity contribution in [3.63, 3.8) is 0 Å². The summed E-state index contributed by atoms with van der Waals surface area (Å²) >= 11 is 0. The molecular formula is C12H20F3N3O6. The first kappa shape index (κ1) is 23.9. The van der Waals surface area contributed by atoms with Gasteiger partial charge < -0.3 is 27.0 Å². The average Bonchev–Trinajstić information content (AvgIpc) is 2.35. The van der Waals surface area contributed by atoms with Crippen LogP contribution >= 0.6 is 0 Å². The van der Waals surface area contributed by atoms with E-state index in [9.17, 15) is 27.6 Å². The van der Waals surface area contributed by atoms with Gasteiger partial charge in [0.25, 0.3) is 0 Å². The topological polar surface area (TPSA) is 173 Å². The monoisotopic (exact) mass is 359 g/mol. The van der Waals surface area contributed by atoms with Gasteiger partial charge in [-0.25, -0.2) is 9.59 Å². The summed E-state index contributed by atoms with van der Waals surface area (Å²) in [5.41, 5.74) is 10.5. The van der Waals surface area contributed by atoms with E-state index < -0.39 is 48.4 Å². The van der Waals surface area contributed by atoms with E-state index in [-0.39, 0.29) is 5.92 Å². The molecule has 24 heavy (non-hydrogen) atoms. The van der Waals surface area contributed by atoms with Crippen LogP contribution in [0.4, 0.5) is 13.2 Å². The molecule has 0 saturated carbocycles. The van der Waals surface area contributed by atoms with Crippen molar-refractivity contribution in [3.05, 3.63) is 0 Å². The maximum Gasteiger partial charge on any atom is 0.490 e. The molecule has 0 aromatic rings. The first-order valence-corrected chi connectivity index (χ1v) is 6.55. The van der Waals surface area contributed by atoms with Gasteiger partial charge in [0, 0.05) is 0 Å². The molecule has 140 valence electrons. The maximum atomic E-state index is 11.5. The summed E-state index contributed by atoms with van der Waals surface area (Å²) in [6, 6.07) is -2.11. The molecule has 2 atom stereocenters. The van der Waals surface area contributed by atoms with Gasteiger partial charge in [-0.2, -0.15) is 13.2 Å². The van der Waals surface area contributed by atoms with E-state index in [0.717, 1.165) is 0 Å². The summed E-state index contributed by atoms with van der Waals surface area (Å²) in [7, 11) is 0. The summed E-state index contributed by atoms with van der Waals surface area (Å²) in [6.07, 6.45) is -5.09. The van der Waals surface area contributed by atoms with E-state index in [4.69, 9.17) is 26.5 Å². The van der Waals surface area contributed by atoms with Crippen LogP contribution in [-0.2, 0) is 19.2 Å². The molecule has 7 N–H and O–H groups in total. The number of aliphatic carboxylic acids is 2. The number of amides is 2. The van der Waals surface area contributed by atoms with E-state index >= 15 is 0 Å². The Labute approximate surface area is 135 Å². The molecule has 0 aromatic heterocycles. The molecule has 12 heteroatoms. The van der Waals surface area contributed by atoms with Crippen molar-refractivity contribution in [3.8, 4) is 0 Å². The number of nitrogens with two attached hydrogens (primary N) is 2. The fourth-order valence-corrected chi connectivity index (χ4v) is 1.29. The fraction of sp³-hybridized carbons (Fsp3) is 0.667. The summed E-state index contributed by atoms with van der Waals surface area (Å²) in [6.45, 7) is 3.79. The number of carboxylic acids is 2. The van der Waals surface area contributed by atoms with Gasteiger partial charge in [-0.15, -0.1) is 0 Å². The maximum absolute atomic E-state index is 11.5. The fourth-order valence-electron chi connectivity index (χ4n) is 1.29. The van der Waals surface area contributed by atoms with Crippen molar-refractivity contribution in [2.45, 2.75) is 44.9 Å². The lowest BCUT2D eigenvalue weighted by atomic mass is 10.0. The van der Waals surface area contributed by atoms with Crippen LogP contribution in [0.3, 0.4) is 0 Å². The normalized spacial score (nSPS) is 13.3. The molecule has 0 bridgehead atoms. The third-order valence-corrected chi connectivity index (χ3v) is 2.32. The molecule has 0 aliphatic carbocycles. The zero-order chi connectivity index (χ0) is 19.7. The highest BCUT2D eigenvalue weighted by molar-refractivity contribution is 5.89. The van der Waals surface area contributed by atoms with E-state index in [0.29, 0.717) is 6.42 Å². The molecule has 0 radical (unpaired) electrons. The van der Waals surface area contributed by atoms with E-state index in [1.165, 1.54) is 0 Å². The van der Waals surface area contributed by atoms with Gasteiger partial charge in [0.1, 0.15) is 6.04 Å². The molecule has 0 fully saturated rings. The molecule has 0 aliphatic rings. The SMILES string of the molecule is CC(C)C[C@H](N)C(=O)N[C@@H](CC(N)=O)C(=O)O.O=C(O)C(F)(F)F. The smallest absolute Gasteiger partial charge is 0.480 e. The predicted octanol–water partition coefficient (Wildman–Crippen LogP) is -0.562. The highest BCUT2D eigenvalue weighted by Crippen LogP contribution is 2.13. The molecule has 0 heterocycles. The third kappa shape index (κ3) is 12.2. The largest absolute Gasteiger partial charge is 0.490 e. The Balaban J connectivity index is 0. The first-order chi connectivity index (χ1) is 10.7. The van der Waals surface area contributed by atoms with Crippen LogP contribution in [0, 0.1) is 5.92 Å². The minimum atomic E-state index is -5.08. The molecule has 0 aliphatic heterocycles. The van der Waals surface area contributed by atoms with Crippen LogP contribution in [0.15, 0.2) is 0 Å². The van der Waals surface area contributed by atoms with Crippen LogP contribution in [0.1, 0.15) is 26.7 Å². The van der Waals surface area contributed by atoms with Crippen molar-refractivity contribution >= 4 is 23.8 Å². The molecule has 0 saturated heterocycles. The van der Waals surface area contributed by atoms with E-state index in [1.54, 1.807) is 0 Å². The van der Waals surface area contributed by atoms with Crippen molar-refractivity contribution in [1.82, 2.24) is 5.32 Å². The zero-order valence-corrected chi connectivity index (χ0v) is 13.0. The molecular weight excluding hydrogens is 339 g/mol. The Morgan fingerprint density at radius 1 is 1.12 bits per heavy atom. The summed E-state index contributed by atoms with van der Waals surface area (Å²) in [5.74, 6) is -5.24. The Bertz CT molecular complexity index is 467. The van der Waals surface area contributed by atoms with Crippen LogP contribution in [0.2, 0.25) is 0 Å². The Morgan fingerprint density at radius 2 is 1.54 bits per heavy atom. The van der Waals surface area contributed by atoms with Crippen molar-refractivity contribution in [2.24, 2.45) is 17.4 Å². The number of carbonyl (C=O) groups excluding carboxylic acids is 2.